The van der Waals surface area contributed by atoms with Crippen molar-refractivity contribution in [2.45, 2.75) is 0 Å². The van der Waals surface area contributed by atoms with Crippen molar-refractivity contribution in [1.82, 2.24) is 5.01 Å². The molecule has 0 aromatic heterocycles. The van der Waals surface area contributed by atoms with Crippen LogP contribution in [-0.2, 0) is 4.79 Å². The number of carbonyl (C=O) groups is 1. The molecule has 1 fully saturated rings. The van der Waals surface area contributed by atoms with E-state index in [1.54, 1.807) is 30.3 Å². The first-order chi connectivity index (χ1) is 13.4. The summed E-state index contributed by atoms with van der Waals surface area (Å²) in [7, 11) is 2.90. The number of thiocarbonyl (C=S) groups is 1. The summed E-state index contributed by atoms with van der Waals surface area (Å²) >= 11 is 6.38. The van der Waals surface area contributed by atoms with Gasteiger partial charge in [-0.2, -0.15) is 10.1 Å². The van der Waals surface area contributed by atoms with Crippen LogP contribution >= 0.6 is 24.0 Å². The van der Waals surface area contributed by atoms with Crippen molar-refractivity contribution in [3.8, 4) is 23.0 Å². The number of ether oxygens (including phenoxy) is 2. The molecule has 0 radical (unpaired) electrons. The molecule has 3 rings (SSSR count). The van der Waals surface area contributed by atoms with E-state index in [4.69, 9.17) is 21.7 Å². The van der Waals surface area contributed by atoms with E-state index in [9.17, 15) is 15.0 Å². The van der Waals surface area contributed by atoms with Gasteiger partial charge in [-0.15, -0.1) is 0 Å². The average molecular weight is 416 g/mol. The Morgan fingerprint density at radius 2 is 1.61 bits per heavy atom. The molecule has 7 nitrogen and oxygen atoms in total. The fraction of sp³-hybridized carbons (Fsp3) is 0.105. The molecule has 0 saturated carbocycles. The Morgan fingerprint density at radius 3 is 2.21 bits per heavy atom. The van der Waals surface area contributed by atoms with Crippen molar-refractivity contribution >= 4 is 46.5 Å². The van der Waals surface area contributed by atoms with Crippen LogP contribution in [0.15, 0.2) is 46.4 Å². The maximum atomic E-state index is 12.6. The number of amides is 1. The summed E-state index contributed by atoms with van der Waals surface area (Å²) in [4.78, 5) is 13.0. The van der Waals surface area contributed by atoms with E-state index in [1.807, 2.05) is 0 Å². The standard InChI is InChI=1S/C19H16N2O5S2/c1-25-15-7-11(3-5-13(15)22)9-17-18(24)21(19(27)28-17)20-10-12-4-6-14(23)16(8-12)26-2/h3-10,22-23H,1-2H3/b17-9-,20-10+. The molecule has 2 aromatic rings. The molecular weight excluding hydrogens is 400 g/mol. The van der Waals surface area contributed by atoms with Gasteiger partial charge in [-0.05, 0) is 59.8 Å². The summed E-state index contributed by atoms with van der Waals surface area (Å²) in [5, 5.41) is 24.6. The van der Waals surface area contributed by atoms with Crippen molar-refractivity contribution in [3.63, 3.8) is 0 Å². The van der Waals surface area contributed by atoms with E-state index >= 15 is 0 Å². The number of carbonyl (C=O) groups excluding carboxylic acids is 1. The third-order valence-corrected chi connectivity index (χ3v) is 5.08. The molecule has 1 saturated heterocycles. The molecule has 9 heteroatoms. The van der Waals surface area contributed by atoms with Gasteiger partial charge in [0.05, 0.1) is 25.3 Å². The second-order valence-electron chi connectivity index (χ2n) is 5.60. The monoisotopic (exact) mass is 416 g/mol. The van der Waals surface area contributed by atoms with Gasteiger partial charge in [-0.3, -0.25) is 4.79 Å². The van der Waals surface area contributed by atoms with Crippen molar-refractivity contribution in [2.24, 2.45) is 5.10 Å². The molecule has 1 amide bonds. The molecule has 28 heavy (non-hydrogen) atoms. The van der Waals surface area contributed by atoms with E-state index < -0.39 is 0 Å². The Hall–Kier alpha value is -3.04. The molecule has 0 aliphatic carbocycles. The third kappa shape index (κ3) is 4.10. The van der Waals surface area contributed by atoms with Gasteiger partial charge in [0, 0.05) is 0 Å². The summed E-state index contributed by atoms with van der Waals surface area (Å²) in [6.07, 6.45) is 3.11. The number of thioether (sulfide) groups is 1. The van der Waals surface area contributed by atoms with Crippen LogP contribution < -0.4 is 9.47 Å². The van der Waals surface area contributed by atoms with Crippen LogP contribution in [0.2, 0.25) is 0 Å². The lowest BCUT2D eigenvalue weighted by Gasteiger charge is -2.07. The smallest absolute Gasteiger partial charge is 0.286 e. The minimum absolute atomic E-state index is 0.0116. The number of phenolic OH excluding ortho intramolecular Hbond substituents is 2. The molecular formula is C19H16N2O5S2. The van der Waals surface area contributed by atoms with Gasteiger partial charge >= 0.3 is 0 Å². The number of phenols is 2. The second-order valence-corrected chi connectivity index (χ2v) is 7.28. The van der Waals surface area contributed by atoms with E-state index in [0.29, 0.717) is 31.9 Å². The predicted molar refractivity (Wildman–Crippen MR) is 112 cm³/mol. The number of methoxy groups -OCH3 is 2. The van der Waals surface area contributed by atoms with Crippen LogP contribution in [0.4, 0.5) is 0 Å². The lowest BCUT2D eigenvalue weighted by Crippen LogP contribution is -2.22. The molecule has 2 aromatic carbocycles. The minimum atomic E-state index is -0.357. The zero-order valence-corrected chi connectivity index (χ0v) is 16.6. The Morgan fingerprint density at radius 1 is 1.04 bits per heavy atom. The van der Waals surface area contributed by atoms with Gasteiger partial charge in [0.2, 0.25) is 0 Å². The number of hydrazone groups is 1. The predicted octanol–water partition coefficient (Wildman–Crippen LogP) is 3.35. The van der Waals surface area contributed by atoms with Crippen molar-refractivity contribution in [1.29, 1.82) is 0 Å². The van der Waals surface area contributed by atoms with Crippen LogP contribution in [0, 0.1) is 0 Å². The second kappa shape index (κ2) is 8.32. The van der Waals surface area contributed by atoms with Crippen LogP contribution in [0.5, 0.6) is 23.0 Å². The summed E-state index contributed by atoms with van der Waals surface area (Å²) in [5.74, 6) is 0.279. The maximum absolute atomic E-state index is 12.6. The van der Waals surface area contributed by atoms with Gasteiger partial charge in [-0.1, -0.05) is 17.8 Å². The summed E-state index contributed by atoms with van der Waals surface area (Å²) in [6, 6.07) is 9.47. The zero-order chi connectivity index (χ0) is 20.3. The largest absolute Gasteiger partial charge is 0.504 e. The van der Waals surface area contributed by atoms with E-state index in [1.165, 1.54) is 32.6 Å². The van der Waals surface area contributed by atoms with Crippen LogP contribution in [0.3, 0.4) is 0 Å². The number of benzene rings is 2. The first-order valence-electron chi connectivity index (χ1n) is 7.99. The maximum Gasteiger partial charge on any atom is 0.286 e. The van der Waals surface area contributed by atoms with Gasteiger partial charge < -0.3 is 19.7 Å². The first kappa shape index (κ1) is 19.7. The summed E-state index contributed by atoms with van der Waals surface area (Å²) in [6.45, 7) is 0. The average Bonchev–Trinajstić information content (AvgIpc) is 2.95. The van der Waals surface area contributed by atoms with E-state index in [-0.39, 0.29) is 17.4 Å². The number of rotatable bonds is 5. The Kier molecular flexibility index (Phi) is 5.86. The first-order valence-corrected chi connectivity index (χ1v) is 9.21. The van der Waals surface area contributed by atoms with Crippen LogP contribution in [0.25, 0.3) is 6.08 Å². The molecule has 1 aliphatic heterocycles. The van der Waals surface area contributed by atoms with Crippen LogP contribution in [0.1, 0.15) is 11.1 Å². The zero-order valence-electron chi connectivity index (χ0n) is 14.9. The normalized spacial score (nSPS) is 15.6. The molecule has 0 bridgehead atoms. The van der Waals surface area contributed by atoms with Crippen molar-refractivity contribution < 1.29 is 24.5 Å². The van der Waals surface area contributed by atoms with Gasteiger partial charge in [-0.25, -0.2) is 0 Å². The molecule has 0 spiro atoms. The topological polar surface area (TPSA) is 91.6 Å². The molecule has 1 aliphatic rings. The van der Waals surface area contributed by atoms with Gasteiger partial charge in [0.25, 0.3) is 5.91 Å². The van der Waals surface area contributed by atoms with Crippen molar-refractivity contribution in [2.75, 3.05) is 14.2 Å². The number of aromatic hydroxyl groups is 2. The Bertz CT molecular complexity index is 1000. The molecule has 1 heterocycles. The highest BCUT2D eigenvalue weighted by molar-refractivity contribution is 8.26. The SMILES string of the molecule is COc1cc(/C=C2\SC(=S)N(/N=C/c3ccc(O)c(OC)c3)C2=O)ccc1O. The Balaban J connectivity index is 1.82. The molecule has 0 unspecified atom stereocenters. The minimum Gasteiger partial charge on any atom is -0.504 e. The molecule has 2 N–H and O–H groups in total. The van der Waals surface area contributed by atoms with Gasteiger partial charge in [0.1, 0.15) is 0 Å². The van der Waals surface area contributed by atoms with Gasteiger partial charge in [0.15, 0.2) is 27.3 Å². The van der Waals surface area contributed by atoms with E-state index in [0.717, 1.165) is 16.8 Å². The number of nitrogens with zero attached hydrogens (tertiary/aromatic N) is 2. The Labute approximate surface area is 170 Å². The highest BCUT2D eigenvalue weighted by atomic mass is 32.2. The highest BCUT2D eigenvalue weighted by Crippen LogP contribution is 2.34. The molecule has 144 valence electrons. The lowest BCUT2D eigenvalue weighted by atomic mass is 10.2. The number of hydrogen-bond acceptors (Lipinski definition) is 8. The van der Waals surface area contributed by atoms with Crippen molar-refractivity contribution in [3.05, 3.63) is 52.4 Å². The summed E-state index contributed by atoms with van der Waals surface area (Å²) in [5.41, 5.74) is 1.32. The quantitative estimate of drug-likeness (QED) is 0.439. The highest BCUT2D eigenvalue weighted by Gasteiger charge is 2.32. The fourth-order valence-corrected chi connectivity index (χ4v) is 3.57. The lowest BCUT2D eigenvalue weighted by molar-refractivity contribution is -0.122. The summed E-state index contributed by atoms with van der Waals surface area (Å²) < 4.78 is 10.4. The number of hydrogen-bond donors (Lipinski definition) is 2. The van der Waals surface area contributed by atoms with Crippen LogP contribution in [-0.4, -0.2) is 45.9 Å². The van der Waals surface area contributed by atoms with E-state index in [2.05, 4.69) is 5.10 Å². The third-order valence-electron chi connectivity index (χ3n) is 3.80. The molecule has 0 atom stereocenters. The fourth-order valence-electron chi connectivity index (χ4n) is 2.39.